The van der Waals surface area contributed by atoms with Gasteiger partial charge in [-0.3, -0.25) is 4.79 Å². The fourth-order valence-corrected chi connectivity index (χ4v) is 1.89. The van der Waals surface area contributed by atoms with Crippen LogP contribution in [0.15, 0.2) is 35.4 Å². The Labute approximate surface area is 101 Å². The number of nitrogens with one attached hydrogen (secondary N) is 1. The van der Waals surface area contributed by atoms with Crippen LogP contribution in [-0.4, -0.2) is 19.7 Å². The number of aryl methyl sites for hydroxylation is 1. The van der Waals surface area contributed by atoms with Crippen molar-refractivity contribution < 1.29 is 4.39 Å². The maximum atomic E-state index is 12.9. The minimum Gasteiger partial charge on any atom is -0.312 e. The third kappa shape index (κ3) is 1.50. The van der Waals surface area contributed by atoms with Gasteiger partial charge in [-0.05, 0) is 31.2 Å². The van der Waals surface area contributed by atoms with Crippen LogP contribution in [0.4, 0.5) is 4.39 Å². The lowest BCUT2D eigenvalue weighted by atomic mass is 10.3. The van der Waals surface area contributed by atoms with Crippen molar-refractivity contribution in [2.45, 2.75) is 6.92 Å². The number of aromatic nitrogens is 4. The van der Waals surface area contributed by atoms with E-state index in [-0.39, 0.29) is 11.4 Å². The van der Waals surface area contributed by atoms with Crippen molar-refractivity contribution in [1.82, 2.24) is 19.7 Å². The van der Waals surface area contributed by atoms with Crippen LogP contribution in [-0.2, 0) is 0 Å². The van der Waals surface area contributed by atoms with Gasteiger partial charge in [0.25, 0.3) is 5.56 Å². The first kappa shape index (κ1) is 10.6. The molecule has 0 amide bonds. The highest BCUT2D eigenvalue weighted by Crippen LogP contribution is 2.16. The van der Waals surface area contributed by atoms with Gasteiger partial charge in [-0.15, -0.1) is 0 Å². The van der Waals surface area contributed by atoms with Gasteiger partial charge in [0.15, 0.2) is 5.65 Å². The third-order valence-electron chi connectivity index (χ3n) is 2.72. The van der Waals surface area contributed by atoms with Crippen LogP contribution in [0.3, 0.4) is 0 Å². The second kappa shape index (κ2) is 3.76. The molecule has 0 radical (unpaired) electrons. The second-order valence-electron chi connectivity index (χ2n) is 3.90. The summed E-state index contributed by atoms with van der Waals surface area (Å²) in [6, 6.07) is 5.85. The Hall–Kier alpha value is -2.50. The highest BCUT2D eigenvalue weighted by molar-refractivity contribution is 5.78. The SMILES string of the molecule is Cc1nn(-c2ccc(F)cc2)c2nc[nH]c(=O)c12. The van der Waals surface area contributed by atoms with E-state index in [1.807, 2.05) is 0 Å². The Bertz CT molecular complexity index is 773. The highest BCUT2D eigenvalue weighted by Gasteiger charge is 2.12. The monoisotopic (exact) mass is 244 g/mol. The number of fused-ring (bicyclic) bond motifs is 1. The van der Waals surface area contributed by atoms with Crippen LogP contribution in [0.2, 0.25) is 0 Å². The lowest BCUT2D eigenvalue weighted by Crippen LogP contribution is -2.07. The molecule has 5 nitrogen and oxygen atoms in total. The van der Waals surface area contributed by atoms with E-state index in [2.05, 4.69) is 15.1 Å². The molecule has 0 saturated heterocycles. The molecule has 0 aliphatic rings. The van der Waals surface area contributed by atoms with E-state index in [1.54, 1.807) is 19.1 Å². The molecule has 0 spiro atoms. The number of nitrogens with zero attached hydrogens (tertiary/aromatic N) is 3. The Balaban J connectivity index is 2.34. The highest BCUT2D eigenvalue weighted by atomic mass is 19.1. The zero-order valence-electron chi connectivity index (χ0n) is 9.51. The van der Waals surface area contributed by atoms with Gasteiger partial charge in [0.05, 0.1) is 17.7 Å². The van der Waals surface area contributed by atoms with Crippen molar-refractivity contribution in [3.05, 3.63) is 52.5 Å². The Morgan fingerprint density at radius 3 is 2.72 bits per heavy atom. The van der Waals surface area contributed by atoms with E-state index in [9.17, 15) is 9.18 Å². The maximum absolute atomic E-state index is 12.9. The lowest BCUT2D eigenvalue weighted by molar-refractivity contribution is 0.627. The van der Waals surface area contributed by atoms with Gasteiger partial charge >= 0.3 is 0 Å². The van der Waals surface area contributed by atoms with Gasteiger partial charge < -0.3 is 4.98 Å². The average molecular weight is 244 g/mol. The molecule has 1 aromatic carbocycles. The number of hydrogen-bond acceptors (Lipinski definition) is 3. The molecule has 2 aromatic heterocycles. The molecule has 0 aliphatic carbocycles. The molecule has 0 bridgehead atoms. The summed E-state index contributed by atoms with van der Waals surface area (Å²) < 4.78 is 14.4. The van der Waals surface area contributed by atoms with E-state index < -0.39 is 0 Å². The van der Waals surface area contributed by atoms with Crippen molar-refractivity contribution >= 4 is 11.0 Å². The number of halogens is 1. The minimum atomic E-state index is -0.322. The molecule has 0 saturated carbocycles. The smallest absolute Gasteiger partial charge is 0.262 e. The zero-order chi connectivity index (χ0) is 12.7. The Kier molecular flexibility index (Phi) is 2.22. The molecule has 0 atom stereocenters. The number of H-pyrrole nitrogens is 1. The topological polar surface area (TPSA) is 63.6 Å². The Morgan fingerprint density at radius 1 is 1.28 bits per heavy atom. The first-order chi connectivity index (χ1) is 8.66. The summed E-state index contributed by atoms with van der Waals surface area (Å²) in [5.74, 6) is -0.322. The summed E-state index contributed by atoms with van der Waals surface area (Å²) in [5.41, 5.74) is 1.48. The molecule has 2 heterocycles. The zero-order valence-corrected chi connectivity index (χ0v) is 9.51. The molecular formula is C12H9FN4O. The molecule has 3 aromatic rings. The molecule has 0 aliphatic heterocycles. The summed E-state index contributed by atoms with van der Waals surface area (Å²) in [7, 11) is 0. The molecule has 3 rings (SSSR count). The molecule has 18 heavy (non-hydrogen) atoms. The van der Waals surface area contributed by atoms with Crippen molar-refractivity contribution in [3.8, 4) is 5.69 Å². The van der Waals surface area contributed by atoms with Gasteiger partial charge in [-0.2, -0.15) is 5.10 Å². The fourth-order valence-electron chi connectivity index (χ4n) is 1.89. The minimum absolute atomic E-state index is 0.231. The van der Waals surface area contributed by atoms with Crippen molar-refractivity contribution in [2.75, 3.05) is 0 Å². The van der Waals surface area contributed by atoms with Gasteiger partial charge in [0, 0.05) is 0 Å². The predicted molar refractivity (Wildman–Crippen MR) is 64.2 cm³/mol. The van der Waals surface area contributed by atoms with Crippen LogP contribution < -0.4 is 5.56 Å². The standard InChI is InChI=1S/C12H9FN4O/c1-7-10-11(14-6-15-12(10)18)17(16-7)9-4-2-8(13)3-5-9/h2-6H,1H3,(H,14,15,18). The Morgan fingerprint density at radius 2 is 2.00 bits per heavy atom. The van der Waals surface area contributed by atoms with E-state index in [1.165, 1.54) is 23.1 Å². The van der Waals surface area contributed by atoms with Gasteiger partial charge in [0.1, 0.15) is 11.2 Å². The lowest BCUT2D eigenvalue weighted by Gasteiger charge is -2.01. The molecule has 0 fully saturated rings. The van der Waals surface area contributed by atoms with Crippen LogP contribution in [0.5, 0.6) is 0 Å². The number of benzene rings is 1. The molecule has 90 valence electrons. The summed E-state index contributed by atoms with van der Waals surface area (Å²) >= 11 is 0. The summed E-state index contributed by atoms with van der Waals surface area (Å²) in [5, 5.41) is 4.71. The second-order valence-corrected chi connectivity index (χ2v) is 3.90. The predicted octanol–water partition coefficient (Wildman–Crippen LogP) is 1.56. The molecule has 1 N–H and O–H groups in total. The van der Waals surface area contributed by atoms with Crippen molar-refractivity contribution in [1.29, 1.82) is 0 Å². The van der Waals surface area contributed by atoms with Crippen molar-refractivity contribution in [3.63, 3.8) is 0 Å². The maximum Gasteiger partial charge on any atom is 0.262 e. The summed E-state index contributed by atoms with van der Waals surface area (Å²) in [6.45, 7) is 1.74. The van der Waals surface area contributed by atoms with Crippen molar-refractivity contribution in [2.24, 2.45) is 0 Å². The van der Waals surface area contributed by atoms with E-state index in [4.69, 9.17) is 0 Å². The fraction of sp³-hybridized carbons (Fsp3) is 0.0833. The average Bonchev–Trinajstić information content (AvgIpc) is 2.69. The van der Waals surface area contributed by atoms with E-state index in [0.29, 0.717) is 22.4 Å². The summed E-state index contributed by atoms with van der Waals surface area (Å²) in [6.07, 6.45) is 1.33. The molecular weight excluding hydrogens is 235 g/mol. The largest absolute Gasteiger partial charge is 0.312 e. The van der Waals surface area contributed by atoms with Gasteiger partial charge in [0.2, 0.25) is 0 Å². The van der Waals surface area contributed by atoms with E-state index in [0.717, 1.165) is 0 Å². The molecule has 0 unspecified atom stereocenters. The van der Waals surface area contributed by atoms with Crippen LogP contribution >= 0.6 is 0 Å². The van der Waals surface area contributed by atoms with Crippen LogP contribution in [0.1, 0.15) is 5.69 Å². The van der Waals surface area contributed by atoms with E-state index >= 15 is 0 Å². The third-order valence-corrected chi connectivity index (χ3v) is 2.72. The molecule has 6 heteroatoms. The number of hydrogen-bond donors (Lipinski definition) is 1. The summed E-state index contributed by atoms with van der Waals surface area (Å²) in [4.78, 5) is 18.3. The van der Waals surface area contributed by atoms with Crippen LogP contribution in [0, 0.1) is 12.7 Å². The van der Waals surface area contributed by atoms with Gasteiger partial charge in [-0.1, -0.05) is 0 Å². The van der Waals surface area contributed by atoms with Crippen LogP contribution in [0.25, 0.3) is 16.7 Å². The quantitative estimate of drug-likeness (QED) is 0.706. The normalized spacial score (nSPS) is 11.0. The van der Waals surface area contributed by atoms with Gasteiger partial charge in [-0.25, -0.2) is 14.1 Å². The first-order valence-corrected chi connectivity index (χ1v) is 5.36. The number of rotatable bonds is 1. The first-order valence-electron chi connectivity index (χ1n) is 5.36. The number of aromatic amines is 1.